The van der Waals surface area contributed by atoms with Crippen LogP contribution in [0.1, 0.15) is 113 Å². The largest absolute Gasteiger partial charge is 0.465 e. The predicted octanol–water partition coefficient (Wildman–Crippen LogP) is 4.91. The van der Waals surface area contributed by atoms with E-state index in [-0.39, 0.29) is 64.0 Å². The second-order valence-corrected chi connectivity index (χ2v) is 13.6. The Labute approximate surface area is 278 Å². The van der Waals surface area contributed by atoms with Crippen LogP contribution in [0.3, 0.4) is 0 Å². The van der Waals surface area contributed by atoms with Crippen molar-refractivity contribution in [2.75, 3.05) is 26.4 Å². The van der Waals surface area contributed by atoms with Gasteiger partial charge >= 0.3 is 35.8 Å². The highest BCUT2D eigenvalue weighted by atomic mass is 16.7. The first kappa shape index (κ1) is 41.5. The van der Waals surface area contributed by atoms with E-state index in [1.807, 2.05) is 0 Å². The molecule has 0 aromatic carbocycles. The average Bonchev–Trinajstić information content (AvgIpc) is 2.96. The van der Waals surface area contributed by atoms with Gasteiger partial charge in [-0.05, 0) is 87.0 Å². The number of hydrogen-bond donors (Lipinski definition) is 0. The van der Waals surface area contributed by atoms with Crippen molar-refractivity contribution >= 4 is 35.8 Å². The van der Waals surface area contributed by atoms with E-state index in [1.165, 1.54) is 0 Å². The summed E-state index contributed by atoms with van der Waals surface area (Å²) >= 11 is 0. The highest BCUT2D eigenvalue weighted by molar-refractivity contribution is 5.86. The van der Waals surface area contributed by atoms with Crippen molar-refractivity contribution in [3.63, 3.8) is 0 Å². The van der Waals surface area contributed by atoms with Crippen molar-refractivity contribution in [2.45, 2.75) is 131 Å². The molecule has 1 fully saturated rings. The molecule has 0 radical (unpaired) electrons. The minimum atomic E-state index is -1.02. The summed E-state index contributed by atoms with van der Waals surface area (Å²) in [5.41, 5.74) is -0.940. The van der Waals surface area contributed by atoms with Gasteiger partial charge in [0, 0.05) is 24.8 Å². The third-order valence-corrected chi connectivity index (χ3v) is 6.71. The van der Waals surface area contributed by atoms with Crippen molar-refractivity contribution in [1.29, 1.82) is 0 Å². The van der Waals surface area contributed by atoms with Crippen molar-refractivity contribution in [3.05, 3.63) is 12.2 Å². The molecule has 0 N–H and O–H groups in total. The average molecular weight is 671 g/mol. The fourth-order valence-electron chi connectivity index (χ4n) is 3.86. The summed E-state index contributed by atoms with van der Waals surface area (Å²) in [6.07, 6.45) is -0.152. The lowest BCUT2D eigenvalue weighted by Crippen LogP contribution is -2.47. The molecule has 1 aliphatic heterocycles. The molecule has 0 aromatic rings. The third-order valence-electron chi connectivity index (χ3n) is 6.71. The minimum Gasteiger partial charge on any atom is -0.465 e. The molecule has 268 valence electrons. The Hall–Kier alpha value is -3.48. The summed E-state index contributed by atoms with van der Waals surface area (Å²) < 4.78 is 37.7. The molecule has 0 aliphatic carbocycles. The summed E-state index contributed by atoms with van der Waals surface area (Å²) in [6, 6.07) is 0. The molecular formula is C34H54O13. The van der Waals surface area contributed by atoms with Gasteiger partial charge in [-0.25, -0.2) is 4.79 Å². The Morgan fingerprint density at radius 3 is 1.45 bits per heavy atom. The van der Waals surface area contributed by atoms with Gasteiger partial charge in [-0.2, -0.15) is 0 Å². The molecule has 1 saturated heterocycles. The Bertz CT molecular complexity index is 1070. The van der Waals surface area contributed by atoms with Gasteiger partial charge in [0.1, 0.15) is 6.10 Å². The maximum atomic E-state index is 12.7. The van der Waals surface area contributed by atoms with Crippen LogP contribution < -0.4 is 0 Å². The SMILES string of the molecule is C=C(C)C(=O)OCCCCC(=O)O[C@@H]1C[C@H](OC(=O)CCCCOC(=O)C(C)(C)C)[C@H](OC(=O)CCCCOC(=O)C(C)(C)C)CO1. The molecular weight excluding hydrogens is 616 g/mol. The zero-order valence-corrected chi connectivity index (χ0v) is 29.1. The van der Waals surface area contributed by atoms with E-state index in [0.717, 1.165) is 0 Å². The van der Waals surface area contributed by atoms with Gasteiger partial charge in [-0.1, -0.05) is 6.58 Å². The van der Waals surface area contributed by atoms with E-state index in [2.05, 4.69) is 6.58 Å². The van der Waals surface area contributed by atoms with Crippen LogP contribution in [0.15, 0.2) is 12.2 Å². The van der Waals surface area contributed by atoms with Crippen molar-refractivity contribution in [3.8, 4) is 0 Å². The number of rotatable bonds is 19. The molecule has 0 aromatic heterocycles. The molecule has 0 spiro atoms. The first-order valence-electron chi connectivity index (χ1n) is 16.3. The van der Waals surface area contributed by atoms with E-state index >= 15 is 0 Å². The number of carbonyl (C=O) groups excluding carboxylic acids is 6. The molecule has 0 unspecified atom stereocenters. The number of esters is 6. The quantitative estimate of drug-likeness (QED) is 0.0788. The number of carbonyl (C=O) groups is 6. The van der Waals surface area contributed by atoms with E-state index in [0.29, 0.717) is 44.1 Å². The van der Waals surface area contributed by atoms with Crippen LogP contribution in [0.5, 0.6) is 0 Å². The van der Waals surface area contributed by atoms with Gasteiger partial charge in [-0.3, -0.25) is 24.0 Å². The van der Waals surface area contributed by atoms with Crippen LogP contribution in [0.2, 0.25) is 0 Å². The van der Waals surface area contributed by atoms with Gasteiger partial charge in [0.05, 0.1) is 43.7 Å². The molecule has 0 saturated carbocycles. The van der Waals surface area contributed by atoms with Crippen LogP contribution in [0.4, 0.5) is 0 Å². The standard InChI is InChI=1S/C34H54O13/c1-23(2)30(38)41-18-12-9-17-28(37)47-29-21-24(45-26(35)15-10-13-19-42-31(39)33(3,4)5)25(22-44-29)46-27(36)16-11-14-20-43-32(40)34(6,7)8/h24-25,29H,1,9-22H2,2-8H3/t24-,25+,29+/m0/s1. The monoisotopic (exact) mass is 670 g/mol. The Morgan fingerprint density at radius 2 is 1.02 bits per heavy atom. The topological polar surface area (TPSA) is 167 Å². The Morgan fingerprint density at radius 1 is 0.617 bits per heavy atom. The zero-order chi connectivity index (χ0) is 35.6. The van der Waals surface area contributed by atoms with Crippen molar-refractivity contribution in [2.24, 2.45) is 10.8 Å². The predicted molar refractivity (Wildman–Crippen MR) is 168 cm³/mol. The van der Waals surface area contributed by atoms with Crippen LogP contribution in [-0.4, -0.2) is 80.7 Å². The van der Waals surface area contributed by atoms with Gasteiger partial charge < -0.3 is 33.2 Å². The fraction of sp³-hybridized carbons (Fsp3) is 0.765. The minimum absolute atomic E-state index is 0.0405. The first-order chi connectivity index (χ1) is 21.9. The summed E-state index contributed by atoms with van der Waals surface area (Å²) in [6.45, 7) is 15.9. The highest BCUT2D eigenvalue weighted by Crippen LogP contribution is 2.24. The van der Waals surface area contributed by atoms with E-state index in [1.54, 1.807) is 48.5 Å². The van der Waals surface area contributed by atoms with Gasteiger partial charge in [0.15, 0.2) is 6.10 Å². The maximum Gasteiger partial charge on any atom is 0.333 e. The summed E-state index contributed by atoms with van der Waals surface area (Å²) in [7, 11) is 0. The molecule has 0 bridgehead atoms. The second kappa shape index (κ2) is 20.7. The molecule has 0 amide bonds. The molecule has 1 aliphatic rings. The number of ether oxygens (including phenoxy) is 7. The van der Waals surface area contributed by atoms with Crippen molar-refractivity contribution < 1.29 is 61.9 Å². The van der Waals surface area contributed by atoms with Crippen LogP contribution >= 0.6 is 0 Å². The van der Waals surface area contributed by atoms with Crippen LogP contribution in [0, 0.1) is 10.8 Å². The fourth-order valence-corrected chi connectivity index (χ4v) is 3.86. The Balaban J connectivity index is 2.62. The zero-order valence-electron chi connectivity index (χ0n) is 29.1. The molecule has 13 nitrogen and oxygen atoms in total. The molecule has 3 atom stereocenters. The molecule has 1 rings (SSSR count). The summed E-state index contributed by atoms with van der Waals surface area (Å²) in [5.74, 6) is -2.78. The van der Waals surface area contributed by atoms with Gasteiger partial charge in [-0.15, -0.1) is 0 Å². The Kier molecular flexibility index (Phi) is 18.3. The number of hydrogen-bond acceptors (Lipinski definition) is 13. The smallest absolute Gasteiger partial charge is 0.333 e. The lowest BCUT2D eigenvalue weighted by molar-refractivity contribution is -0.230. The molecule has 13 heteroatoms. The van der Waals surface area contributed by atoms with Crippen LogP contribution in [0.25, 0.3) is 0 Å². The third kappa shape index (κ3) is 18.4. The van der Waals surface area contributed by atoms with Crippen molar-refractivity contribution in [1.82, 2.24) is 0 Å². The number of unbranched alkanes of at least 4 members (excludes halogenated alkanes) is 3. The van der Waals surface area contributed by atoms with E-state index in [9.17, 15) is 28.8 Å². The summed E-state index contributed by atoms with van der Waals surface area (Å²) in [5, 5.41) is 0. The molecule has 47 heavy (non-hydrogen) atoms. The maximum absolute atomic E-state index is 12.7. The first-order valence-corrected chi connectivity index (χ1v) is 16.3. The lowest BCUT2D eigenvalue weighted by Gasteiger charge is -2.34. The normalized spacial score (nSPS) is 18.0. The van der Waals surface area contributed by atoms with E-state index in [4.69, 9.17) is 33.2 Å². The summed E-state index contributed by atoms with van der Waals surface area (Å²) in [4.78, 5) is 72.9. The van der Waals surface area contributed by atoms with E-state index < -0.39 is 53.2 Å². The van der Waals surface area contributed by atoms with Crippen LogP contribution in [-0.2, 0) is 61.9 Å². The highest BCUT2D eigenvalue weighted by Gasteiger charge is 2.38. The van der Waals surface area contributed by atoms with Gasteiger partial charge in [0.2, 0.25) is 6.29 Å². The van der Waals surface area contributed by atoms with Gasteiger partial charge in [0.25, 0.3) is 0 Å². The lowest BCUT2D eigenvalue weighted by atomic mass is 9.97. The second-order valence-electron chi connectivity index (χ2n) is 13.6. The molecule has 1 heterocycles.